The number of carbonyl (C=O) groups is 1. The van der Waals surface area contributed by atoms with Gasteiger partial charge in [0.25, 0.3) is 0 Å². The maximum Gasteiger partial charge on any atom is 0.336 e. The molecule has 1 aliphatic heterocycles. The number of aliphatic hydroxyl groups is 1. The van der Waals surface area contributed by atoms with E-state index in [-0.39, 0.29) is 0 Å². The molecule has 4 rings (SSSR count). The van der Waals surface area contributed by atoms with Crippen molar-refractivity contribution >= 4 is 40.7 Å². The summed E-state index contributed by atoms with van der Waals surface area (Å²) in [5.41, 5.74) is 4.27. The van der Waals surface area contributed by atoms with Crippen molar-refractivity contribution in [1.82, 2.24) is 4.90 Å². The topological polar surface area (TPSA) is 74.3 Å². The summed E-state index contributed by atoms with van der Waals surface area (Å²) >= 11 is 7.74. The Morgan fingerprint density at radius 3 is 2.38 bits per heavy atom. The smallest absolute Gasteiger partial charge is 0.336 e. The number of esters is 1. The molecule has 3 aromatic rings. The number of benzene rings is 3. The predicted octanol–water partition coefficient (Wildman–Crippen LogP) is 5.65. The third kappa shape index (κ3) is 8.07. The van der Waals surface area contributed by atoms with E-state index < -0.39 is 17.3 Å². The highest BCUT2D eigenvalue weighted by Crippen LogP contribution is 2.43. The number of aryl methyl sites for hydroxylation is 1. The average molecular weight is 584 g/mol. The van der Waals surface area contributed by atoms with E-state index in [9.17, 15) is 9.90 Å². The van der Waals surface area contributed by atoms with Gasteiger partial charge in [-0.25, -0.2) is 4.79 Å². The largest absolute Gasteiger partial charge is 0.497 e. The van der Waals surface area contributed by atoms with Gasteiger partial charge in [-0.15, -0.1) is 11.8 Å². The van der Waals surface area contributed by atoms with Gasteiger partial charge in [0.1, 0.15) is 5.75 Å². The lowest BCUT2D eigenvalue weighted by Gasteiger charge is -2.36. The first-order valence-electron chi connectivity index (χ1n) is 13.5. The van der Waals surface area contributed by atoms with E-state index in [4.69, 9.17) is 21.1 Å². The number of nitrogens with one attached hydrogen (secondary N) is 1. The minimum absolute atomic E-state index is 0.584. The zero-order valence-corrected chi connectivity index (χ0v) is 24.9. The molecule has 0 spiro atoms. The third-order valence-electron chi connectivity index (χ3n) is 7.11. The number of carbonyl (C=O) groups excluding carboxylic acids is 1. The Labute approximate surface area is 246 Å². The highest BCUT2D eigenvalue weighted by molar-refractivity contribution is 7.99. The van der Waals surface area contributed by atoms with Crippen LogP contribution in [-0.2, 0) is 9.53 Å². The van der Waals surface area contributed by atoms with Crippen molar-refractivity contribution in [1.29, 1.82) is 0 Å². The average Bonchev–Trinajstić information content (AvgIpc) is 2.99. The first kappa shape index (κ1) is 30.1. The van der Waals surface area contributed by atoms with E-state index >= 15 is 0 Å². The molecule has 214 valence electrons. The second-order valence-electron chi connectivity index (χ2n) is 9.86. The highest BCUT2D eigenvalue weighted by atomic mass is 35.5. The number of rotatable bonds is 12. The second-order valence-corrected chi connectivity index (χ2v) is 11.5. The number of halogens is 1. The Morgan fingerprint density at radius 2 is 1.73 bits per heavy atom. The zero-order chi connectivity index (χ0) is 28.5. The molecule has 40 heavy (non-hydrogen) atoms. The minimum Gasteiger partial charge on any atom is -0.497 e. The minimum atomic E-state index is -1.35. The molecule has 0 bridgehead atoms. The van der Waals surface area contributed by atoms with Gasteiger partial charge < -0.3 is 24.8 Å². The second kappa shape index (κ2) is 14.6. The zero-order valence-electron chi connectivity index (χ0n) is 23.3. The molecule has 0 aliphatic carbocycles. The molecule has 0 amide bonds. The molecule has 0 aromatic heterocycles. The molecule has 2 N–H and O–H groups in total. The summed E-state index contributed by atoms with van der Waals surface area (Å²) in [7, 11) is 2.87. The Kier molecular flexibility index (Phi) is 11.0. The van der Waals surface area contributed by atoms with E-state index in [2.05, 4.69) is 46.3 Å². The summed E-state index contributed by atoms with van der Waals surface area (Å²) in [6.45, 7) is 8.08. The van der Waals surface area contributed by atoms with Gasteiger partial charge in [0.2, 0.25) is 0 Å². The van der Waals surface area contributed by atoms with Crippen LogP contribution in [-0.4, -0.2) is 75.6 Å². The van der Waals surface area contributed by atoms with Crippen molar-refractivity contribution in [3.63, 3.8) is 0 Å². The summed E-state index contributed by atoms with van der Waals surface area (Å²) in [4.78, 5) is 18.1. The van der Waals surface area contributed by atoms with Crippen LogP contribution in [0, 0.1) is 6.92 Å². The van der Waals surface area contributed by atoms with Crippen LogP contribution in [0.5, 0.6) is 5.75 Å². The molecule has 0 saturated carbocycles. The summed E-state index contributed by atoms with van der Waals surface area (Å²) < 4.78 is 10.1. The van der Waals surface area contributed by atoms with E-state index in [1.165, 1.54) is 30.1 Å². The molecule has 1 fully saturated rings. The van der Waals surface area contributed by atoms with Crippen molar-refractivity contribution in [2.75, 3.05) is 63.7 Å². The van der Waals surface area contributed by atoms with Gasteiger partial charge in [0, 0.05) is 54.0 Å². The fraction of sp³-hybridized carbons (Fsp3) is 0.387. The third-order valence-corrected chi connectivity index (χ3v) is 8.72. The highest BCUT2D eigenvalue weighted by Gasteiger charge is 2.30. The Bertz CT molecular complexity index is 1230. The number of ether oxygens (including phenoxy) is 2. The number of hydrogen-bond acceptors (Lipinski definition) is 8. The molecule has 3 aromatic carbocycles. The monoisotopic (exact) mass is 583 g/mol. The molecule has 1 aliphatic rings. The molecule has 1 saturated heterocycles. The predicted molar refractivity (Wildman–Crippen MR) is 164 cm³/mol. The maximum atomic E-state index is 12.3. The van der Waals surface area contributed by atoms with E-state index in [1.54, 1.807) is 7.11 Å². The summed E-state index contributed by atoms with van der Waals surface area (Å²) in [5.74, 6) is 0.00839. The number of piperazine rings is 1. The number of anilines is 2. The Morgan fingerprint density at radius 1 is 1.02 bits per heavy atom. The molecule has 7 nitrogen and oxygen atoms in total. The standard InChI is InChI=1S/C31H38ClN3O4S/c1-22-5-10-25(11-6-22)35-19-17-34(18-20-35)16-4-15-33-27-14-9-24(32)21-28(27)40-30(29(36)31(37)39-3)23-7-12-26(38-2)13-8-23/h5-14,21,29-30,33,36H,4,15-20H2,1-3H3/t29-,30+/m1/s1. The quantitative estimate of drug-likeness (QED) is 0.161. The first-order valence-corrected chi connectivity index (χ1v) is 14.8. The van der Waals surface area contributed by atoms with Crippen LogP contribution in [0.25, 0.3) is 0 Å². The van der Waals surface area contributed by atoms with Crippen LogP contribution >= 0.6 is 23.4 Å². The van der Waals surface area contributed by atoms with Gasteiger partial charge in [-0.05, 0) is 67.9 Å². The van der Waals surface area contributed by atoms with Crippen molar-refractivity contribution in [2.45, 2.75) is 29.6 Å². The fourth-order valence-electron chi connectivity index (χ4n) is 4.74. The lowest BCUT2D eigenvalue weighted by molar-refractivity contribution is -0.150. The van der Waals surface area contributed by atoms with Crippen LogP contribution in [0.4, 0.5) is 11.4 Å². The van der Waals surface area contributed by atoms with Crippen molar-refractivity contribution in [2.24, 2.45) is 0 Å². The van der Waals surface area contributed by atoms with E-state index in [0.717, 1.165) is 61.8 Å². The van der Waals surface area contributed by atoms with Crippen LogP contribution in [0.3, 0.4) is 0 Å². The number of aliphatic hydroxyl groups excluding tert-OH is 1. The Hall–Kier alpha value is -2.91. The number of thioether (sulfide) groups is 1. The molecule has 9 heteroatoms. The van der Waals surface area contributed by atoms with Crippen molar-refractivity contribution in [3.05, 3.63) is 82.9 Å². The van der Waals surface area contributed by atoms with Gasteiger partial charge in [-0.1, -0.05) is 41.4 Å². The maximum absolute atomic E-state index is 12.3. The summed E-state index contributed by atoms with van der Waals surface area (Å²) in [5, 5.41) is 14.4. The lowest BCUT2D eigenvalue weighted by atomic mass is 10.1. The van der Waals surface area contributed by atoms with E-state index in [1.807, 2.05) is 42.5 Å². The molecule has 0 unspecified atom stereocenters. The van der Waals surface area contributed by atoms with Gasteiger partial charge >= 0.3 is 5.97 Å². The normalized spacial score (nSPS) is 15.4. The van der Waals surface area contributed by atoms with Crippen molar-refractivity contribution < 1.29 is 19.4 Å². The number of nitrogens with zero attached hydrogens (tertiary/aromatic N) is 2. The summed E-state index contributed by atoms with van der Waals surface area (Å²) in [6.07, 6.45) is -0.363. The fourth-order valence-corrected chi connectivity index (χ4v) is 6.25. The van der Waals surface area contributed by atoms with Crippen LogP contribution in [0.15, 0.2) is 71.6 Å². The number of hydrogen-bond donors (Lipinski definition) is 2. The molecule has 2 atom stereocenters. The number of methoxy groups -OCH3 is 2. The van der Waals surface area contributed by atoms with Gasteiger partial charge in [0.15, 0.2) is 6.10 Å². The molecular formula is C31H38ClN3O4S. The van der Waals surface area contributed by atoms with Crippen LogP contribution in [0.2, 0.25) is 5.02 Å². The molecular weight excluding hydrogens is 546 g/mol. The molecule has 1 heterocycles. The molecule has 0 radical (unpaired) electrons. The van der Waals surface area contributed by atoms with E-state index in [0.29, 0.717) is 10.8 Å². The lowest BCUT2D eigenvalue weighted by Crippen LogP contribution is -2.46. The van der Waals surface area contributed by atoms with Gasteiger partial charge in [-0.3, -0.25) is 4.90 Å². The van der Waals surface area contributed by atoms with Gasteiger partial charge in [-0.2, -0.15) is 0 Å². The Balaban J connectivity index is 1.35. The SMILES string of the molecule is COC(=O)[C@H](O)[C@@H](Sc1cc(Cl)ccc1NCCCN1CCN(c2ccc(C)cc2)CC1)c1ccc(OC)cc1. The van der Waals surface area contributed by atoms with Gasteiger partial charge in [0.05, 0.1) is 19.5 Å². The summed E-state index contributed by atoms with van der Waals surface area (Å²) in [6, 6.07) is 21.7. The first-order chi connectivity index (χ1) is 19.4. The van der Waals surface area contributed by atoms with Crippen LogP contribution < -0.4 is 15.0 Å². The van der Waals surface area contributed by atoms with Crippen molar-refractivity contribution in [3.8, 4) is 5.75 Å². The van der Waals surface area contributed by atoms with Crippen LogP contribution in [0.1, 0.15) is 22.8 Å².